The number of amides is 1. The van der Waals surface area contributed by atoms with E-state index in [2.05, 4.69) is 31.3 Å². The average Bonchev–Trinajstić information content (AvgIpc) is 3.05. The Morgan fingerprint density at radius 3 is 2.70 bits per heavy atom. The molecule has 0 atom stereocenters. The lowest BCUT2D eigenvalue weighted by atomic mass is 10.2. The normalized spacial score (nSPS) is 10.5. The minimum absolute atomic E-state index is 0.102. The van der Waals surface area contributed by atoms with Crippen molar-refractivity contribution in [3.05, 3.63) is 71.0 Å². The van der Waals surface area contributed by atoms with Crippen LogP contribution in [0.4, 0.5) is 0 Å². The molecular weight excluding hydrogens is 356 g/mol. The molecule has 0 saturated heterocycles. The average molecular weight is 371 g/mol. The van der Waals surface area contributed by atoms with Gasteiger partial charge in [-0.3, -0.25) is 14.5 Å². The van der Waals surface area contributed by atoms with Crippen molar-refractivity contribution in [2.75, 3.05) is 6.54 Å². The molecule has 0 bridgehead atoms. The molecule has 0 unspecified atom stereocenters. The standard InChI is InChI=1S/C17H15BrN4O/c18-14-6-2-1-5-13(14)17(23)20-10-12-22-11-8-16(21-22)15-7-3-4-9-19-15/h1-9,11H,10,12H2,(H,20,23). The van der Waals surface area contributed by atoms with Gasteiger partial charge in [0.25, 0.3) is 5.91 Å². The summed E-state index contributed by atoms with van der Waals surface area (Å²) in [6.45, 7) is 1.10. The highest BCUT2D eigenvalue weighted by Crippen LogP contribution is 2.15. The number of carbonyl (C=O) groups excluding carboxylic acids is 1. The van der Waals surface area contributed by atoms with Crippen LogP contribution in [0.2, 0.25) is 0 Å². The van der Waals surface area contributed by atoms with E-state index in [1.807, 2.05) is 48.7 Å². The van der Waals surface area contributed by atoms with Crippen molar-refractivity contribution in [3.8, 4) is 11.4 Å². The van der Waals surface area contributed by atoms with Gasteiger partial charge >= 0.3 is 0 Å². The van der Waals surface area contributed by atoms with Crippen molar-refractivity contribution in [1.29, 1.82) is 0 Å². The van der Waals surface area contributed by atoms with E-state index in [0.717, 1.165) is 15.9 Å². The van der Waals surface area contributed by atoms with Crippen molar-refractivity contribution < 1.29 is 4.79 Å². The molecule has 0 aliphatic rings. The van der Waals surface area contributed by atoms with Crippen LogP contribution < -0.4 is 5.32 Å². The van der Waals surface area contributed by atoms with Crippen molar-refractivity contribution in [2.45, 2.75) is 6.54 Å². The predicted octanol–water partition coefficient (Wildman–Crippen LogP) is 3.14. The van der Waals surface area contributed by atoms with E-state index >= 15 is 0 Å². The van der Waals surface area contributed by atoms with Crippen LogP contribution in [0.15, 0.2) is 65.4 Å². The molecule has 2 heterocycles. The Labute approximate surface area is 142 Å². The molecular formula is C17H15BrN4O. The lowest BCUT2D eigenvalue weighted by Crippen LogP contribution is -2.27. The van der Waals surface area contributed by atoms with Crippen molar-refractivity contribution in [1.82, 2.24) is 20.1 Å². The van der Waals surface area contributed by atoms with E-state index in [0.29, 0.717) is 18.7 Å². The Morgan fingerprint density at radius 2 is 1.91 bits per heavy atom. The zero-order valence-corrected chi connectivity index (χ0v) is 13.9. The largest absolute Gasteiger partial charge is 0.350 e. The smallest absolute Gasteiger partial charge is 0.252 e. The molecule has 0 radical (unpaired) electrons. The lowest BCUT2D eigenvalue weighted by Gasteiger charge is -2.07. The molecule has 3 rings (SSSR count). The van der Waals surface area contributed by atoms with Crippen LogP contribution in [0.3, 0.4) is 0 Å². The number of halogens is 1. The number of aromatic nitrogens is 3. The number of nitrogens with zero attached hydrogens (tertiary/aromatic N) is 3. The van der Waals surface area contributed by atoms with E-state index < -0.39 is 0 Å². The number of rotatable bonds is 5. The topological polar surface area (TPSA) is 59.8 Å². The molecule has 0 saturated carbocycles. The Balaban J connectivity index is 1.56. The van der Waals surface area contributed by atoms with E-state index in [1.54, 1.807) is 16.9 Å². The highest BCUT2D eigenvalue weighted by atomic mass is 79.9. The summed E-state index contributed by atoms with van der Waals surface area (Å²) in [5, 5.41) is 7.35. The summed E-state index contributed by atoms with van der Waals surface area (Å²) in [6.07, 6.45) is 3.63. The Hall–Kier alpha value is -2.47. The summed E-state index contributed by atoms with van der Waals surface area (Å²) in [7, 11) is 0. The first-order chi connectivity index (χ1) is 11.2. The number of carbonyl (C=O) groups is 1. The third kappa shape index (κ3) is 3.84. The van der Waals surface area contributed by atoms with Crippen LogP contribution in [-0.4, -0.2) is 27.2 Å². The number of hydrogen-bond donors (Lipinski definition) is 1. The molecule has 0 aliphatic carbocycles. The first-order valence-corrected chi connectivity index (χ1v) is 8.01. The molecule has 23 heavy (non-hydrogen) atoms. The summed E-state index contributed by atoms with van der Waals surface area (Å²) in [5.74, 6) is -0.102. The summed E-state index contributed by atoms with van der Waals surface area (Å²) in [6, 6.07) is 15.0. The molecule has 1 amide bonds. The van der Waals surface area contributed by atoms with Gasteiger partial charge in [0.2, 0.25) is 0 Å². The maximum absolute atomic E-state index is 12.1. The van der Waals surface area contributed by atoms with Gasteiger partial charge in [-0.1, -0.05) is 18.2 Å². The molecule has 0 aliphatic heterocycles. The fourth-order valence-electron chi connectivity index (χ4n) is 2.16. The highest BCUT2D eigenvalue weighted by Gasteiger charge is 2.08. The quantitative estimate of drug-likeness (QED) is 0.750. The van der Waals surface area contributed by atoms with Crippen LogP contribution in [0.1, 0.15) is 10.4 Å². The Bertz CT molecular complexity index is 801. The van der Waals surface area contributed by atoms with E-state index in [4.69, 9.17) is 0 Å². The summed E-state index contributed by atoms with van der Waals surface area (Å²) < 4.78 is 2.58. The molecule has 3 aromatic rings. The monoisotopic (exact) mass is 370 g/mol. The third-order valence-electron chi connectivity index (χ3n) is 3.31. The highest BCUT2D eigenvalue weighted by molar-refractivity contribution is 9.10. The van der Waals surface area contributed by atoms with Crippen LogP contribution in [0, 0.1) is 0 Å². The van der Waals surface area contributed by atoms with Crippen LogP contribution in [-0.2, 0) is 6.54 Å². The van der Waals surface area contributed by atoms with E-state index in [9.17, 15) is 4.79 Å². The van der Waals surface area contributed by atoms with Gasteiger partial charge < -0.3 is 5.32 Å². The van der Waals surface area contributed by atoms with Gasteiger partial charge in [-0.05, 0) is 46.3 Å². The fourth-order valence-corrected chi connectivity index (χ4v) is 2.63. The SMILES string of the molecule is O=C(NCCn1ccc(-c2ccccn2)n1)c1ccccc1Br. The molecule has 5 nitrogen and oxygen atoms in total. The number of hydrogen-bond acceptors (Lipinski definition) is 3. The van der Waals surface area contributed by atoms with Crippen LogP contribution in [0.25, 0.3) is 11.4 Å². The van der Waals surface area contributed by atoms with Crippen molar-refractivity contribution in [2.24, 2.45) is 0 Å². The minimum Gasteiger partial charge on any atom is -0.350 e. The molecule has 0 fully saturated rings. The van der Waals surface area contributed by atoms with Gasteiger partial charge in [0.15, 0.2) is 0 Å². The second-order valence-corrected chi connectivity index (χ2v) is 5.77. The Morgan fingerprint density at radius 1 is 1.09 bits per heavy atom. The predicted molar refractivity (Wildman–Crippen MR) is 91.9 cm³/mol. The molecule has 1 N–H and O–H groups in total. The van der Waals surface area contributed by atoms with Crippen molar-refractivity contribution in [3.63, 3.8) is 0 Å². The van der Waals surface area contributed by atoms with Gasteiger partial charge in [0, 0.05) is 23.4 Å². The van der Waals surface area contributed by atoms with Crippen LogP contribution in [0.5, 0.6) is 0 Å². The van der Waals surface area contributed by atoms with E-state index in [1.165, 1.54) is 0 Å². The van der Waals surface area contributed by atoms with Crippen molar-refractivity contribution >= 4 is 21.8 Å². The Kier molecular flexibility index (Phi) is 4.83. The summed E-state index contributed by atoms with van der Waals surface area (Å²) in [4.78, 5) is 16.4. The molecule has 2 aromatic heterocycles. The van der Waals surface area contributed by atoms with Gasteiger partial charge in [-0.15, -0.1) is 0 Å². The van der Waals surface area contributed by atoms with Gasteiger partial charge in [0.1, 0.15) is 5.69 Å². The van der Waals surface area contributed by atoms with Gasteiger partial charge in [-0.2, -0.15) is 5.10 Å². The van der Waals surface area contributed by atoms with E-state index in [-0.39, 0.29) is 5.91 Å². The number of benzene rings is 1. The zero-order valence-electron chi connectivity index (χ0n) is 12.3. The fraction of sp³-hybridized carbons (Fsp3) is 0.118. The number of nitrogens with one attached hydrogen (secondary N) is 1. The lowest BCUT2D eigenvalue weighted by molar-refractivity contribution is 0.0951. The van der Waals surface area contributed by atoms with Gasteiger partial charge in [0.05, 0.1) is 17.8 Å². The molecule has 1 aromatic carbocycles. The first kappa shape index (κ1) is 15.4. The second kappa shape index (κ2) is 7.19. The second-order valence-electron chi connectivity index (χ2n) is 4.91. The maximum atomic E-state index is 12.1. The molecule has 6 heteroatoms. The minimum atomic E-state index is -0.102. The number of pyridine rings is 1. The first-order valence-electron chi connectivity index (χ1n) is 7.21. The van der Waals surface area contributed by atoms with Gasteiger partial charge in [-0.25, -0.2) is 0 Å². The molecule has 116 valence electrons. The zero-order chi connectivity index (χ0) is 16.1. The van der Waals surface area contributed by atoms with Crippen LogP contribution >= 0.6 is 15.9 Å². The molecule has 0 spiro atoms. The summed E-state index contributed by atoms with van der Waals surface area (Å²) >= 11 is 3.38. The third-order valence-corrected chi connectivity index (χ3v) is 4.00. The maximum Gasteiger partial charge on any atom is 0.252 e. The summed E-state index contributed by atoms with van der Waals surface area (Å²) in [5.41, 5.74) is 2.29.